The van der Waals surface area contributed by atoms with Crippen molar-refractivity contribution in [1.29, 1.82) is 0 Å². The van der Waals surface area contributed by atoms with Gasteiger partial charge < -0.3 is 10.1 Å². The number of aryl methyl sites for hydroxylation is 2. The van der Waals surface area contributed by atoms with Gasteiger partial charge in [0.05, 0.1) is 11.3 Å². The Bertz CT molecular complexity index is 412. The first-order valence-corrected chi connectivity index (χ1v) is 8.29. The molecule has 0 fully saturated rings. The van der Waals surface area contributed by atoms with Gasteiger partial charge in [-0.15, -0.1) is 0 Å². The first-order valence-electron chi connectivity index (χ1n) is 8.29. The zero-order valence-electron chi connectivity index (χ0n) is 14.7. The monoisotopic (exact) mass is 295 g/mol. The van der Waals surface area contributed by atoms with Crippen molar-refractivity contribution >= 4 is 0 Å². The molecular formula is C17H33N3O. The molecule has 0 saturated carbocycles. The highest BCUT2D eigenvalue weighted by atomic mass is 16.5. The SMILES string of the molecule is CCCNC(Cc1cc(CC)nn1CC)CC(C)(C)OC. The number of rotatable bonds is 10. The summed E-state index contributed by atoms with van der Waals surface area (Å²) < 4.78 is 7.74. The van der Waals surface area contributed by atoms with Crippen molar-refractivity contribution in [2.24, 2.45) is 0 Å². The van der Waals surface area contributed by atoms with Gasteiger partial charge in [-0.2, -0.15) is 5.10 Å². The highest BCUT2D eigenvalue weighted by molar-refractivity contribution is 5.12. The second-order valence-electron chi connectivity index (χ2n) is 6.32. The number of ether oxygens (including phenoxy) is 1. The summed E-state index contributed by atoms with van der Waals surface area (Å²) >= 11 is 0. The van der Waals surface area contributed by atoms with E-state index in [2.05, 4.69) is 55.8 Å². The van der Waals surface area contributed by atoms with Crippen molar-refractivity contribution in [1.82, 2.24) is 15.1 Å². The zero-order chi connectivity index (χ0) is 15.9. The maximum absolute atomic E-state index is 5.61. The van der Waals surface area contributed by atoms with Crippen LogP contribution >= 0.6 is 0 Å². The largest absolute Gasteiger partial charge is 0.379 e. The Balaban J connectivity index is 2.82. The van der Waals surface area contributed by atoms with Crippen LogP contribution in [0, 0.1) is 0 Å². The van der Waals surface area contributed by atoms with Crippen LogP contribution < -0.4 is 5.32 Å². The maximum atomic E-state index is 5.61. The molecule has 122 valence electrons. The van der Waals surface area contributed by atoms with Crippen LogP contribution in [0.15, 0.2) is 6.07 Å². The molecule has 1 N–H and O–H groups in total. The number of hydrogen-bond donors (Lipinski definition) is 1. The summed E-state index contributed by atoms with van der Waals surface area (Å²) in [5.41, 5.74) is 2.41. The fraction of sp³-hybridized carbons (Fsp3) is 0.824. The van der Waals surface area contributed by atoms with E-state index in [9.17, 15) is 0 Å². The Hall–Kier alpha value is -0.870. The highest BCUT2D eigenvalue weighted by Crippen LogP contribution is 2.19. The summed E-state index contributed by atoms with van der Waals surface area (Å²) in [5.74, 6) is 0. The molecule has 1 rings (SSSR count). The van der Waals surface area contributed by atoms with E-state index in [0.717, 1.165) is 38.8 Å². The predicted octanol–water partition coefficient (Wildman–Crippen LogP) is 3.19. The van der Waals surface area contributed by atoms with Gasteiger partial charge in [-0.25, -0.2) is 0 Å². The molecule has 4 nitrogen and oxygen atoms in total. The van der Waals surface area contributed by atoms with Crippen LogP contribution in [-0.2, 0) is 24.1 Å². The van der Waals surface area contributed by atoms with Gasteiger partial charge in [0.2, 0.25) is 0 Å². The van der Waals surface area contributed by atoms with Crippen molar-refractivity contribution in [3.63, 3.8) is 0 Å². The average Bonchev–Trinajstić information content (AvgIpc) is 2.86. The van der Waals surface area contributed by atoms with E-state index in [4.69, 9.17) is 4.74 Å². The van der Waals surface area contributed by atoms with Gasteiger partial charge in [0.25, 0.3) is 0 Å². The quantitative estimate of drug-likeness (QED) is 0.720. The summed E-state index contributed by atoms with van der Waals surface area (Å²) in [6.45, 7) is 12.8. The van der Waals surface area contributed by atoms with E-state index >= 15 is 0 Å². The second kappa shape index (κ2) is 8.54. The molecule has 0 spiro atoms. The minimum Gasteiger partial charge on any atom is -0.379 e. The molecule has 0 aliphatic carbocycles. The number of nitrogens with one attached hydrogen (secondary N) is 1. The third-order valence-electron chi connectivity index (χ3n) is 4.00. The number of methoxy groups -OCH3 is 1. The predicted molar refractivity (Wildman–Crippen MR) is 88.8 cm³/mol. The Labute approximate surface area is 130 Å². The Morgan fingerprint density at radius 2 is 2.05 bits per heavy atom. The lowest BCUT2D eigenvalue weighted by Crippen LogP contribution is -2.39. The van der Waals surface area contributed by atoms with Gasteiger partial charge in [-0.05, 0) is 52.6 Å². The van der Waals surface area contributed by atoms with Crippen molar-refractivity contribution in [2.75, 3.05) is 13.7 Å². The van der Waals surface area contributed by atoms with Crippen molar-refractivity contribution in [3.8, 4) is 0 Å². The summed E-state index contributed by atoms with van der Waals surface area (Å²) in [6, 6.07) is 2.68. The molecule has 0 radical (unpaired) electrons. The molecule has 0 saturated heterocycles. The third kappa shape index (κ3) is 5.79. The molecule has 1 aromatic rings. The van der Waals surface area contributed by atoms with Gasteiger partial charge in [-0.3, -0.25) is 4.68 Å². The molecule has 0 aliphatic rings. The fourth-order valence-electron chi connectivity index (χ4n) is 2.62. The molecule has 0 aliphatic heterocycles. The molecule has 21 heavy (non-hydrogen) atoms. The van der Waals surface area contributed by atoms with E-state index in [-0.39, 0.29) is 5.60 Å². The Morgan fingerprint density at radius 1 is 1.33 bits per heavy atom. The van der Waals surface area contributed by atoms with E-state index in [1.165, 1.54) is 11.4 Å². The van der Waals surface area contributed by atoms with E-state index < -0.39 is 0 Å². The summed E-state index contributed by atoms with van der Waals surface area (Å²) in [4.78, 5) is 0. The van der Waals surface area contributed by atoms with Crippen LogP contribution in [0.2, 0.25) is 0 Å². The minimum absolute atomic E-state index is 0.101. The molecule has 0 amide bonds. The second-order valence-corrected chi connectivity index (χ2v) is 6.32. The Morgan fingerprint density at radius 3 is 2.57 bits per heavy atom. The van der Waals surface area contributed by atoms with Gasteiger partial charge in [0.1, 0.15) is 0 Å². The highest BCUT2D eigenvalue weighted by Gasteiger charge is 2.23. The minimum atomic E-state index is -0.101. The molecule has 1 aromatic heterocycles. The Kier molecular flexibility index (Phi) is 7.40. The third-order valence-corrected chi connectivity index (χ3v) is 4.00. The van der Waals surface area contributed by atoms with Crippen LogP contribution in [0.3, 0.4) is 0 Å². The van der Waals surface area contributed by atoms with Gasteiger partial charge >= 0.3 is 0 Å². The lowest BCUT2D eigenvalue weighted by Gasteiger charge is -2.29. The van der Waals surface area contributed by atoms with Crippen LogP contribution in [-0.4, -0.2) is 35.1 Å². The topological polar surface area (TPSA) is 39.1 Å². The molecule has 1 atom stereocenters. The standard InChI is InChI=1S/C17H33N3O/c1-7-10-18-15(13-17(4,5)21-6)12-16-11-14(8-2)19-20(16)9-3/h11,15,18H,7-10,12-13H2,1-6H3. The van der Waals surface area contributed by atoms with E-state index in [1.54, 1.807) is 7.11 Å². The zero-order valence-corrected chi connectivity index (χ0v) is 14.7. The molecular weight excluding hydrogens is 262 g/mol. The number of aromatic nitrogens is 2. The summed E-state index contributed by atoms with van der Waals surface area (Å²) in [5, 5.41) is 8.32. The first kappa shape index (κ1) is 18.2. The van der Waals surface area contributed by atoms with Crippen LogP contribution in [0.25, 0.3) is 0 Å². The van der Waals surface area contributed by atoms with Crippen molar-refractivity contribution in [3.05, 3.63) is 17.5 Å². The van der Waals surface area contributed by atoms with Gasteiger partial charge in [0, 0.05) is 31.8 Å². The van der Waals surface area contributed by atoms with E-state index in [1.807, 2.05) is 0 Å². The molecule has 0 bridgehead atoms. The first-order chi connectivity index (χ1) is 9.95. The molecule has 0 aromatic carbocycles. The van der Waals surface area contributed by atoms with Gasteiger partial charge in [0.15, 0.2) is 0 Å². The average molecular weight is 295 g/mol. The summed E-state index contributed by atoms with van der Waals surface area (Å²) in [7, 11) is 1.79. The van der Waals surface area contributed by atoms with Gasteiger partial charge in [-0.1, -0.05) is 13.8 Å². The lowest BCUT2D eigenvalue weighted by atomic mass is 9.95. The molecule has 1 unspecified atom stereocenters. The van der Waals surface area contributed by atoms with Crippen LogP contribution in [0.1, 0.15) is 58.8 Å². The lowest BCUT2D eigenvalue weighted by molar-refractivity contribution is 0.00699. The normalized spacial score (nSPS) is 13.6. The van der Waals surface area contributed by atoms with Crippen molar-refractivity contribution in [2.45, 2.75) is 78.5 Å². The smallest absolute Gasteiger partial charge is 0.0637 e. The molecule has 1 heterocycles. The number of nitrogens with zero attached hydrogens (tertiary/aromatic N) is 2. The van der Waals surface area contributed by atoms with E-state index in [0.29, 0.717) is 6.04 Å². The fourth-order valence-corrected chi connectivity index (χ4v) is 2.62. The number of hydrogen-bond acceptors (Lipinski definition) is 3. The maximum Gasteiger partial charge on any atom is 0.0637 e. The summed E-state index contributed by atoms with van der Waals surface area (Å²) in [6.07, 6.45) is 4.15. The molecule has 4 heteroatoms. The van der Waals surface area contributed by atoms with Crippen LogP contribution in [0.4, 0.5) is 0 Å². The van der Waals surface area contributed by atoms with Crippen molar-refractivity contribution < 1.29 is 4.74 Å². The van der Waals surface area contributed by atoms with Crippen LogP contribution in [0.5, 0.6) is 0 Å².